The molecule has 2 aromatic carbocycles. The minimum Gasteiger partial charge on any atom is -0.481 e. The van der Waals surface area contributed by atoms with Gasteiger partial charge in [0.15, 0.2) is 11.5 Å². The number of hydrogen-bond donors (Lipinski definition) is 3. The zero-order valence-electron chi connectivity index (χ0n) is 17.9. The topological polar surface area (TPSA) is 114 Å². The molecule has 0 fully saturated rings. The molecule has 0 bridgehead atoms. The lowest BCUT2D eigenvalue weighted by molar-refractivity contribution is -0.146. The lowest BCUT2D eigenvalue weighted by Crippen LogP contribution is -2.34. The minimum absolute atomic E-state index is 0.152. The summed E-state index contributed by atoms with van der Waals surface area (Å²) in [6.07, 6.45) is 4.42. The van der Waals surface area contributed by atoms with Crippen molar-refractivity contribution in [2.75, 3.05) is 17.4 Å². The molecule has 3 N–H and O–H groups in total. The molecule has 1 heterocycles. The maximum Gasteiger partial charge on any atom is 0.307 e. The Bertz CT molecular complexity index is 1080. The van der Waals surface area contributed by atoms with Crippen LogP contribution >= 0.6 is 11.8 Å². The number of amides is 2. The fourth-order valence-corrected chi connectivity index (χ4v) is 4.57. The van der Waals surface area contributed by atoms with Gasteiger partial charge in [-0.05, 0) is 56.2 Å². The first-order valence-corrected chi connectivity index (χ1v) is 11.4. The van der Waals surface area contributed by atoms with Gasteiger partial charge < -0.3 is 25.2 Å². The SMILES string of the molecule is CC(Sc1ccc(NC(=O)C2CC=CCC2C(=O)O)cc1)C(=O)Nc1ccc2c(c1)OCO2. The number of carbonyl (C=O) groups is 3. The fourth-order valence-electron chi connectivity index (χ4n) is 3.70. The van der Waals surface area contributed by atoms with Crippen LogP contribution in [0.1, 0.15) is 19.8 Å². The molecule has 2 aliphatic rings. The van der Waals surface area contributed by atoms with Gasteiger partial charge in [-0.1, -0.05) is 12.2 Å². The van der Waals surface area contributed by atoms with Gasteiger partial charge in [0.1, 0.15) is 0 Å². The van der Waals surface area contributed by atoms with Crippen LogP contribution in [0.25, 0.3) is 0 Å². The van der Waals surface area contributed by atoms with Crippen molar-refractivity contribution in [3.8, 4) is 11.5 Å². The zero-order valence-corrected chi connectivity index (χ0v) is 18.8. The second-order valence-corrected chi connectivity index (χ2v) is 9.24. The molecule has 1 aliphatic carbocycles. The fraction of sp³-hybridized carbons (Fsp3) is 0.292. The van der Waals surface area contributed by atoms with Gasteiger partial charge in [0.05, 0.1) is 17.1 Å². The Balaban J connectivity index is 1.31. The van der Waals surface area contributed by atoms with E-state index < -0.39 is 17.8 Å². The van der Waals surface area contributed by atoms with Crippen LogP contribution in [-0.4, -0.2) is 34.9 Å². The van der Waals surface area contributed by atoms with E-state index in [0.29, 0.717) is 35.7 Å². The lowest BCUT2D eigenvalue weighted by Gasteiger charge is -2.24. The summed E-state index contributed by atoms with van der Waals surface area (Å²) in [6, 6.07) is 12.4. The third-order valence-electron chi connectivity index (χ3n) is 5.53. The number of allylic oxidation sites excluding steroid dienone is 2. The van der Waals surface area contributed by atoms with Crippen molar-refractivity contribution in [3.05, 3.63) is 54.6 Å². The number of anilines is 2. The second-order valence-electron chi connectivity index (χ2n) is 7.83. The first-order valence-electron chi connectivity index (χ1n) is 10.6. The number of aliphatic carboxylic acids is 1. The first-order chi connectivity index (χ1) is 15.9. The Kier molecular flexibility index (Phi) is 6.88. The molecular formula is C24H24N2O6S. The van der Waals surface area contributed by atoms with E-state index in [9.17, 15) is 19.5 Å². The van der Waals surface area contributed by atoms with Gasteiger partial charge in [0.25, 0.3) is 0 Å². The molecule has 2 amide bonds. The number of rotatable bonds is 7. The lowest BCUT2D eigenvalue weighted by atomic mass is 9.82. The van der Waals surface area contributed by atoms with Crippen molar-refractivity contribution >= 4 is 40.9 Å². The molecule has 0 saturated carbocycles. The molecule has 0 spiro atoms. The van der Waals surface area contributed by atoms with Crippen LogP contribution in [0.2, 0.25) is 0 Å². The van der Waals surface area contributed by atoms with E-state index in [-0.39, 0.29) is 23.9 Å². The summed E-state index contributed by atoms with van der Waals surface area (Å²) in [5, 5.41) is 14.7. The molecule has 3 atom stereocenters. The predicted molar refractivity (Wildman–Crippen MR) is 125 cm³/mol. The maximum atomic E-state index is 12.6. The number of nitrogens with one attached hydrogen (secondary N) is 2. The summed E-state index contributed by atoms with van der Waals surface area (Å²) in [7, 11) is 0. The highest BCUT2D eigenvalue weighted by atomic mass is 32.2. The Morgan fingerprint density at radius 1 is 0.939 bits per heavy atom. The Morgan fingerprint density at radius 2 is 1.61 bits per heavy atom. The predicted octanol–water partition coefficient (Wildman–Crippen LogP) is 4.14. The van der Waals surface area contributed by atoms with Gasteiger partial charge >= 0.3 is 5.97 Å². The molecule has 0 saturated heterocycles. The largest absolute Gasteiger partial charge is 0.481 e. The highest BCUT2D eigenvalue weighted by molar-refractivity contribution is 8.00. The molecule has 0 radical (unpaired) electrons. The van der Waals surface area contributed by atoms with Gasteiger partial charge in [-0.3, -0.25) is 14.4 Å². The van der Waals surface area contributed by atoms with Crippen LogP contribution in [-0.2, 0) is 14.4 Å². The Hall–Kier alpha value is -3.46. The summed E-state index contributed by atoms with van der Waals surface area (Å²) >= 11 is 1.39. The number of carboxylic acid groups (broad SMARTS) is 1. The summed E-state index contributed by atoms with van der Waals surface area (Å²) in [6.45, 7) is 1.98. The number of hydrogen-bond acceptors (Lipinski definition) is 6. The van der Waals surface area contributed by atoms with E-state index in [1.807, 2.05) is 25.1 Å². The standard InChI is InChI=1S/C24H24N2O6S/c1-14(22(27)26-16-8-11-20-21(12-16)32-13-31-20)33-17-9-6-15(7-10-17)25-23(28)18-4-2-3-5-19(18)24(29)30/h2-3,6-12,14,18-19H,4-5,13H2,1H3,(H,25,28)(H,26,27)(H,29,30). The number of carboxylic acids is 1. The molecule has 4 rings (SSSR count). The normalized spacial score (nSPS) is 19.5. The number of benzene rings is 2. The van der Waals surface area contributed by atoms with Gasteiger partial charge in [0, 0.05) is 22.3 Å². The quantitative estimate of drug-likeness (QED) is 0.413. The molecule has 33 heavy (non-hydrogen) atoms. The van der Waals surface area contributed by atoms with Crippen molar-refractivity contribution in [1.29, 1.82) is 0 Å². The van der Waals surface area contributed by atoms with Crippen LogP contribution < -0.4 is 20.1 Å². The average Bonchev–Trinajstić information content (AvgIpc) is 3.28. The van der Waals surface area contributed by atoms with Crippen LogP contribution in [0.3, 0.4) is 0 Å². The molecule has 1 aliphatic heterocycles. The third kappa shape index (κ3) is 5.48. The van der Waals surface area contributed by atoms with Crippen molar-refractivity contribution < 1.29 is 29.0 Å². The number of thioether (sulfide) groups is 1. The summed E-state index contributed by atoms with van der Waals surface area (Å²) < 4.78 is 10.6. The molecule has 172 valence electrons. The van der Waals surface area contributed by atoms with Crippen molar-refractivity contribution in [3.63, 3.8) is 0 Å². The second kappa shape index (κ2) is 9.99. The smallest absolute Gasteiger partial charge is 0.307 e. The molecule has 8 nitrogen and oxygen atoms in total. The van der Waals surface area contributed by atoms with E-state index in [4.69, 9.17) is 9.47 Å². The van der Waals surface area contributed by atoms with Crippen molar-refractivity contribution in [2.24, 2.45) is 11.8 Å². The number of ether oxygens (including phenoxy) is 2. The van der Waals surface area contributed by atoms with E-state index in [1.165, 1.54) is 11.8 Å². The average molecular weight is 469 g/mol. The molecular weight excluding hydrogens is 444 g/mol. The zero-order chi connectivity index (χ0) is 23.4. The first kappa shape index (κ1) is 22.7. The summed E-state index contributed by atoms with van der Waals surface area (Å²) in [4.78, 5) is 37.5. The highest BCUT2D eigenvalue weighted by Gasteiger charge is 2.34. The van der Waals surface area contributed by atoms with Gasteiger partial charge in [-0.15, -0.1) is 11.8 Å². The summed E-state index contributed by atoms with van der Waals surface area (Å²) in [5.41, 5.74) is 1.22. The van der Waals surface area contributed by atoms with E-state index in [2.05, 4.69) is 10.6 Å². The van der Waals surface area contributed by atoms with Crippen LogP contribution in [0, 0.1) is 11.8 Å². The Labute approximate surface area is 195 Å². The van der Waals surface area contributed by atoms with Crippen LogP contribution in [0.5, 0.6) is 11.5 Å². The monoisotopic (exact) mass is 468 g/mol. The van der Waals surface area contributed by atoms with Gasteiger partial charge in [0.2, 0.25) is 18.6 Å². The van der Waals surface area contributed by atoms with Gasteiger partial charge in [-0.25, -0.2) is 0 Å². The van der Waals surface area contributed by atoms with E-state index in [0.717, 1.165) is 4.90 Å². The molecule has 3 unspecified atom stereocenters. The third-order valence-corrected chi connectivity index (χ3v) is 6.64. The highest BCUT2D eigenvalue weighted by Crippen LogP contribution is 2.35. The van der Waals surface area contributed by atoms with Crippen LogP contribution in [0.4, 0.5) is 11.4 Å². The minimum atomic E-state index is -0.959. The van der Waals surface area contributed by atoms with Crippen molar-refractivity contribution in [2.45, 2.75) is 29.9 Å². The Morgan fingerprint density at radius 3 is 2.33 bits per heavy atom. The van der Waals surface area contributed by atoms with E-state index >= 15 is 0 Å². The molecule has 2 aromatic rings. The molecule has 0 aromatic heterocycles. The number of carbonyl (C=O) groups excluding carboxylic acids is 2. The van der Waals surface area contributed by atoms with Crippen molar-refractivity contribution in [1.82, 2.24) is 0 Å². The molecule has 9 heteroatoms. The maximum absolute atomic E-state index is 12.6. The van der Waals surface area contributed by atoms with E-state index in [1.54, 1.807) is 36.4 Å². The number of fused-ring (bicyclic) bond motifs is 1. The summed E-state index contributed by atoms with van der Waals surface area (Å²) in [5.74, 6) is -1.47. The van der Waals surface area contributed by atoms with Crippen LogP contribution in [0.15, 0.2) is 59.5 Å². The van der Waals surface area contributed by atoms with Gasteiger partial charge in [-0.2, -0.15) is 0 Å².